The number of benzene rings is 2. The summed E-state index contributed by atoms with van der Waals surface area (Å²) in [7, 11) is 0. The van der Waals surface area contributed by atoms with Crippen LogP contribution in [-0.4, -0.2) is 4.98 Å². The number of pyridine rings is 1. The third kappa shape index (κ3) is 2.29. The Morgan fingerprint density at radius 1 is 0.950 bits per heavy atom. The van der Waals surface area contributed by atoms with Crippen LogP contribution in [0.4, 0.5) is 0 Å². The van der Waals surface area contributed by atoms with E-state index < -0.39 is 0 Å². The molecule has 1 aromatic heterocycles. The minimum absolute atomic E-state index is 0.320. The van der Waals surface area contributed by atoms with Gasteiger partial charge in [0.15, 0.2) is 0 Å². The van der Waals surface area contributed by atoms with Crippen LogP contribution in [0, 0.1) is 11.3 Å². The minimum Gasteiger partial charge on any atom is -0.438 e. The number of halogens is 1. The van der Waals surface area contributed by atoms with Gasteiger partial charge in [0.2, 0.25) is 5.88 Å². The average Bonchev–Trinajstić information content (AvgIpc) is 2.51. The Hall–Kier alpha value is -2.57. The SMILES string of the molecule is N#Cc1cccc(Oc2ccc(Cl)c3ccccc23)n1. The molecule has 0 aliphatic heterocycles. The third-order valence-electron chi connectivity index (χ3n) is 2.88. The highest BCUT2D eigenvalue weighted by Crippen LogP contribution is 2.33. The highest BCUT2D eigenvalue weighted by molar-refractivity contribution is 6.35. The van der Waals surface area contributed by atoms with Gasteiger partial charge in [-0.1, -0.05) is 41.9 Å². The molecule has 3 nitrogen and oxygen atoms in total. The first-order valence-electron chi connectivity index (χ1n) is 6.00. The molecule has 0 unspecified atom stereocenters. The molecule has 96 valence electrons. The average molecular weight is 281 g/mol. The summed E-state index contributed by atoms with van der Waals surface area (Å²) in [6, 6.07) is 18.4. The zero-order chi connectivity index (χ0) is 13.9. The lowest BCUT2D eigenvalue weighted by atomic mass is 10.1. The summed E-state index contributed by atoms with van der Waals surface area (Å²) in [6.45, 7) is 0. The van der Waals surface area contributed by atoms with E-state index in [1.807, 2.05) is 30.3 Å². The van der Waals surface area contributed by atoms with Crippen molar-refractivity contribution in [2.75, 3.05) is 0 Å². The van der Waals surface area contributed by atoms with E-state index in [0.717, 1.165) is 10.8 Å². The number of hydrogen-bond donors (Lipinski definition) is 0. The van der Waals surface area contributed by atoms with E-state index in [1.54, 1.807) is 30.3 Å². The fourth-order valence-electron chi connectivity index (χ4n) is 1.97. The predicted molar refractivity (Wildman–Crippen MR) is 78.0 cm³/mol. The zero-order valence-electron chi connectivity index (χ0n) is 10.4. The molecule has 0 aliphatic carbocycles. The summed E-state index contributed by atoms with van der Waals surface area (Å²) in [5.41, 5.74) is 0.320. The second-order valence-corrected chi connectivity index (χ2v) is 4.57. The molecule has 0 amide bonds. The van der Waals surface area contributed by atoms with Crippen molar-refractivity contribution in [1.29, 1.82) is 5.26 Å². The molecule has 0 N–H and O–H groups in total. The van der Waals surface area contributed by atoms with Crippen LogP contribution in [0.2, 0.25) is 5.02 Å². The van der Waals surface area contributed by atoms with Gasteiger partial charge in [-0.3, -0.25) is 0 Å². The van der Waals surface area contributed by atoms with Crippen molar-refractivity contribution in [3.05, 3.63) is 65.3 Å². The van der Waals surface area contributed by atoms with Crippen LogP contribution in [0.3, 0.4) is 0 Å². The number of nitrogens with zero attached hydrogens (tertiary/aromatic N) is 2. The molecule has 3 rings (SSSR count). The quantitative estimate of drug-likeness (QED) is 0.691. The lowest BCUT2D eigenvalue weighted by molar-refractivity contribution is 0.468. The van der Waals surface area contributed by atoms with Gasteiger partial charge in [0.05, 0.1) is 0 Å². The van der Waals surface area contributed by atoms with Crippen molar-refractivity contribution in [3.8, 4) is 17.7 Å². The summed E-state index contributed by atoms with van der Waals surface area (Å²) >= 11 is 6.17. The lowest BCUT2D eigenvalue weighted by Crippen LogP contribution is -1.91. The predicted octanol–water partition coefficient (Wildman–Crippen LogP) is 4.55. The minimum atomic E-state index is 0.320. The van der Waals surface area contributed by atoms with Crippen molar-refractivity contribution < 1.29 is 4.74 Å². The van der Waals surface area contributed by atoms with Crippen LogP contribution in [0.15, 0.2) is 54.6 Å². The maximum atomic E-state index is 8.85. The Balaban J connectivity index is 2.07. The maximum Gasteiger partial charge on any atom is 0.220 e. The number of nitriles is 1. The third-order valence-corrected chi connectivity index (χ3v) is 3.21. The van der Waals surface area contributed by atoms with E-state index in [9.17, 15) is 0 Å². The monoisotopic (exact) mass is 280 g/mol. The van der Waals surface area contributed by atoms with Crippen LogP contribution in [0.5, 0.6) is 11.6 Å². The number of rotatable bonds is 2. The summed E-state index contributed by atoms with van der Waals surface area (Å²) in [4.78, 5) is 4.10. The van der Waals surface area contributed by atoms with Gasteiger partial charge in [0.25, 0.3) is 0 Å². The van der Waals surface area contributed by atoms with Gasteiger partial charge >= 0.3 is 0 Å². The standard InChI is InChI=1S/C16H9ClN2O/c17-14-8-9-15(13-6-2-1-5-12(13)14)20-16-7-3-4-11(10-18)19-16/h1-9H. The molecule has 0 atom stereocenters. The zero-order valence-corrected chi connectivity index (χ0v) is 11.1. The van der Waals surface area contributed by atoms with Gasteiger partial charge in [0, 0.05) is 21.9 Å². The van der Waals surface area contributed by atoms with E-state index in [4.69, 9.17) is 21.6 Å². The van der Waals surface area contributed by atoms with Crippen molar-refractivity contribution in [2.45, 2.75) is 0 Å². The summed E-state index contributed by atoms with van der Waals surface area (Å²) in [5, 5.41) is 11.3. The molecule has 3 aromatic rings. The summed E-state index contributed by atoms with van der Waals surface area (Å²) in [6.07, 6.45) is 0. The summed E-state index contributed by atoms with van der Waals surface area (Å²) in [5.74, 6) is 1.05. The highest BCUT2D eigenvalue weighted by Gasteiger charge is 2.07. The van der Waals surface area contributed by atoms with Gasteiger partial charge in [-0.2, -0.15) is 5.26 Å². The first-order chi connectivity index (χ1) is 9.78. The molecule has 0 saturated heterocycles. The second-order valence-electron chi connectivity index (χ2n) is 4.17. The van der Waals surface area contributed by atoms with Gasteiger partial charge in [-0.15, -0.1) is 0 Å². The number of hydrogen-bond acceptors (Lipinski definition) is 3. The molecule has 2 aromatic carbocycles. The fraction of sp³-hybridized carbons (Fsp3) is 0. The fourth-order valence-corrected chi connectivity index (χ4v) is 2.20. The molecule has 0 aliphatic rings. The molecule has 0 fully saturated rings. The molecule has 0 saturated carbocycles. The Morgan fingerprint density at radius 2 is 1.75 bits per heavy atom. The Kier molecular flexibility index (Phi) is 3.24. The number of fused-ring (bicyclic) bond motifs is 1. The number of ether oxygens (including phenoxy) is 1. The van der Waals surface area contributed by atoms with Crippen molar-refractivity contribution in [3.63, 3.8) is 0 Å². The maximum absolute atomic E-state index is 8.85. The molecule has 4 heteroatoms. The molecular weight excluding hydrogens is 272 g/mol. The number of aromatic nitrogens is 1. The normalized spacial score (nSPS) is 10.2. The van der Waals surface area contributed by atoms with Gasteiger partial charge in [-0.05, 0) is 18.2 Å². The molecule has 20 heavy (non-hydrogen) atoms. The van der Waals surface area contributed by atoms with E-state index in [-0.39, 0.29) is 0 Å². The molecule has 1 heterocycles. The van der Waals surface area contributed by atoms with Gasteiger partial charge < -0.3 is 4.74 Å². The van der Waals surface area contributed by atoms with Crippen molar-refractivity contribution in [1.82, 2.24) is 4.98 Å². The first kappa shape index (κ1) is 12.5. The van der Waals surface area contributed by atoms with Crippen LogP contribution in [0.1, 0.15) is 5.69 Å². The van der Waals surface area contributed by atoms with E-state index >= 15 is 0 Å². The summed E-state index contributed by atoms with van der Waals surface area (Å²) < 4.78 is 5.77. The van der Waals surface area contributed by atoms with Crippen LogP contribution >= 0.6 is 11.6 Å². The van der Waals surface area contributed by atoms with Gasteiger partial charge in [0.1, 0.15) is 17.5 Å². The topological polar surface area (TPSA) is 45.9 Å². The van der Waals surface area contributed by atoms with Crippen molar-refractivity contribution in [2.24, 2.45) is 0 Å². The first-order valence-corrected chi connectivity index (χ1v) is 6.38. The van der Waals surface area contributed by atoms with Crippen molar-refractivity contribution >= 4 is 22.4 Å². The molecule has 0 bridgehead atoms. The van der Waals surface area contributed by atoms with Gasteiger partial charge in [-0.25, -0.2) is 4.98 Å². The molecule has 0 radical (unpaired) electrons. The van der Waals surface area contributed by atoms with E-state index in [0.29, 0.717) is 22.3 Å². The molecule has 0 spiro atoms. The van der Waals surface area contributed by atoms with Crippen LogP contribution < -0.4 is 4.74 Å². The molecular formula is C16H9ClN2O. The van der Waals surface area contributed by atoms with Crippen LogP contribution in [-0.2, 0) is 0 Å². The highest BCUT2D eigenvalue weighted by atomic mass is 35.5. The van der Waals surface area contributed by atoms with E-state index in [2.05, 4.69) is 4.98 Å². The smallest absolute Gasteiger partial charge is 0.220 e. The second kappa shape index (κ2) is 5.20. The lowest BCUT2D eigenvalue weighted by Gasteiger charge is -2.09. The largest absolute Gasteiger partial charge is 0.438 e. The van der Waals surface area contributed by atoms with Crippen LogP contribution in [0.25, 0.3) is 10.8 Å². The Bertz CT molecular complexity index is 824. The Morgan fingerprint density at radius 3 is 2.55 bits per heavy atom. The Labute approximate surface area is 121 Å². The van der Waals surface area contributed by atoms with E-state index in [1.165, 1.54) is 0 Å².